The number of rotatable bonds is 15. The van der Waals surface area contributed by atoms with Crippen LogP contribution in [0.15, 0.2) is 0 Å². The molecule has 4 heteroatoms. The Morgan fingerprint density at radius 3 is 1.25 bits per heavy atom. The zero-order valence-electron chi connectivity index (χ0n) is 14.2. The molecule has 0 bridgehead atoms. The molecule has 0 aromatic heterocycles. The molecule has 0 N–H and O–H groups in total. The van der Waals surface area contributed by atoms with Crippen LogP contribution < -0.4 is 0 Å². The maximum atomic E-state index is 5.28. The number of unbranched alkanes of at least 4 members (excludes halogenated alkanes) is 1. The predicted octanol–water partition coefficient (Wildman–Crippen LogP) is 4.34. The van der Waals surface area contributed by atoms with Crippen molar-refractivity contribution in [3.63, 3.8) is 0 Å². The molecular weight excluding hydrogens is 359 g/mol. The van der Waals surface area contributed by atoms with Gasteiger partial charge in [0.05, 0.1) is 0 Å². The first-order valence-electron chi connectivity index (χ1n) is 8.21. The summed E-state index contributed by atoms with van der Waals surface area (Å²) >= 11 is -2.00. The molecule has 0 heterocycles. The Kier molecular flexibility index (Phi) is 15.1. The van der Waals surface area contributed by atoms with E-state index in [0.29, 0.717) is 0 Å². The second kappa shape index (κ2) is 14.6. The number of hydrogen-bond acceptors (Lipinski definition) is 3. The third kappa shape index (κ3) is 10.4. The van der Waals surface area contributed by atoms with E-state index in [-0.39, 0.29) is 0 Å². The second-order valence-electron chi connectivity index (χ2n) is 5.89. The van der Waals surface area contributed by atoms with Crippen LogP contribution >= 0.6 is 0 Å². The van der Waals surface area contributed by atoms with E-state index in [1.807, 2.05) is 21.3 Å². The fourth-order valence-corrected chi connectivity index (χ4v) is 18.2. The molecule has 3 nitrogen and oxygen atoms in total. The van der Waals surface area contributed by atoms with Gasteiger partial charge in [0, 0.05) is 0 Å². The van der Waals surface area contributed by atoms with E-state index in [4.69, 9.17) is 14.2 Å². The number of ether oxygens (including phenoxy) is 3. The van der Waals surface area contributed by atoms with E-state index in [1.54, 1.807) is 4.44 Å². The van der Waals surface area contributed by atoms with E-state index >= 15 is 0 Å². The maximum absolute atomic E-state index is 5.28. The molecule has 0 aliphatic rings. The molecule has 0 aromatic carbocycles. The third-order valence-corrected chi connectivity index (χ3v) is 20.4. The predicted molar refractivity (Wildman–Crippen MR) is 89.4 cm³/mol. The summed E-state index contributed by atoms with van der Waals surface area (Å²) in [6.07, 6.45) is 6.53. The minimum absolute atomic E-state index is 0.930. The summed E-state index contributed by atoms with van der Waals surface area (Å²) in [5.41, 5.74) is 0. The van der Waals surface area contributed by atoms with Gasteiger partial charge in [0.15, 0.2) is 0 Å². The topological polar surface area (TPSA) is 27.7 Å². The molecule has 20 heavy (non-hydrogen) atoms. The van der Waals surface area contributed by atoms with Gasteiger partial charge in [-0.25, -0.2) is 0 Å². The SMILES string of the molecule is CCC[CH2][Sn]([CH2]CCOC)([CH2]CCOC)[CH2]CCOC. The van der Waals surface area contributed by atoms with Crippen molar-refractivity contribution < 1.29 is 14.2 Å². The molecule has 0 aliphatic heterocycles. The van der Waals surface area contributed by atoms with Crippen LogP contribution in [0, 0.1) is 0 Å². The van der Waals surface area contributed by atoms with Crippen molar-refractivity contribution in [2.75, 3.05) is 41.2 Å². The summed E-state index contributed by atoms with van der Waals surface area (Å²) in [7, 11) is 5.46. The van der Waals surface area contributed by atoms with Gasteiger partial charge in [0.25, 0.3) is 0 Å². The van der Waals surface area contributed by atoms with E-state index in [0.717, 1.165) is 19.8 Å². The van der Waals surface area contributed by atoms with Gasteiger partial charge in [-0.2, -0.15) is 0 Å². The Bertz CT molecular complexity index is 174. The van der Waals surface area contributed by atoms with Gasteiger partial charge in [-0.1, -0.05) is 0 Å². The molecule has 122 valence electrons. The van der Waals surface area contributed by atoms with Crippen LogP contribution in [-0.2, 0) is 14.2 Å². The Balaban J connectivity index is 4.48. The van der Waals surface area contributed by atoms with Gasteiger partial charge in [-0.05, 0) is 0 Å². The molecule has 0 unspecified atom stereocenters. The van der Waals surface area contributed by atoms with Crippen molar-refractivity contribution in [1.82, 2.24) is 0 Å². The van der Waals surface area contributed by atoms with Crippen molar-refractivity contribution in [3.8, 4) is 0 Å². The van der Waals surface area contributed by atoms with Gasteiger partial charge < -0.3 is 0 Å². The quantitative estimate of drug-likeness (QED) is 0.305. The molecule has 0 aliphatic carbocycles. The molecule has 0 amide bonds. The zero-order valence-corrected chi connectivity index (χ0v) is 17.1. The molecular formula is C16H36O3Sn. The van der Waals surface area contributed by atoms with Gasteiger partial charge in [0.2, 0.25) is 0 Å². The molecule has 0 radical (unpaired) electrons. The summed E-state index contributed by atoms with van der Waals surface area (Å²) in [4.78, 5) is 0. The van der Waals surface area contributed by atoms with E-state index in [1.165, 1.54) is 45.4 Å². The second-order valence-corrected chi connectivity index (χ2v) is 20.2. The third-order valence-electron chi connectivity index (χ3n) is 4.23. The summed E-state index contributed by atoms with van der Waals surface area (Å²) < 4.78 is 21.8. The average molecular weight is 395 g/mol. The average Bonchev–Trinajstić information content (AvgIpc) is 2.46. The first-order chi connectivity index (χ1) is 9.74. The van der Waals surface area contributed by atoms with Crippen molar-refractivity contribution in [3.05, 3.63) is 0 Å². The van der Waals surface area contributed by atoms with Crippen LogP contribution in [0.1, 0.15) is 39.0 Å². The van der Waals surface area contributed by atoms with E-state index in [9.17, 15) is 0 Å². The first kappa shape index (κ1) is 20.7. The standard InChI is InChI=1S/3C4H9O.C4H9.Sn/c3*1-3-4-5-2;1-3-4-2;/h3*1,3-4H2,2H3;1,3-4H2,2H3;. The van der Waals surface area contributed by atoms with Crippen LogP contribution in [0.5, 0.6) is 0 Å². The molecule has 0 aromatic rings. The summed E-state index contributed by atoms with van der Waals surface area (Å²) in [6.45, 7) is 5.11. The van der Waals surface area contributed by atoms with Crippen LogP contribution in [0.4, 0.5) is 0 Å². The molecule has 0 saturated heterocycles. The van der Waals surface area contributed by atoms with Crippen LogP contribution in [-0.4, -0.2) is 59.5 Å². The van der Waals surface area contributed by atoms with E-state index in [2.05, 4.69) is 6.92 Å². The molecule has 0 atom stereocenters. The Hall–Kier alpha value is 0.679. The fraction of sp³-hybridized carbons (Fsp3) is 1.00. The number of methoxy groups -OCH3 is 3. The van der Waals surface area contributed by atoms with Crippen LogP contribution in [0.3, 0.4) is 0 Å². The van der Waals surface area contributed by atoms with Crippen molar-refractivity contribution in [1.29, 1.82) is 0 Å². The first-order valence-corrected chi connectivity index (χ1v) is 16.3. The van der Waals surface area contributed by atoms with Gasteiger partial charge in [-0.15, -0.1) is 0 Å². The number of hydrogen-bond donors (Lipinski definition) is 0. The Labute approximate surface area is 130 Å². The van der Waals surface area contributed by atoms with Crippen LogP contribution in [0.2, 0.25) is 17.7 Å². The molecule has 0 spiro atoms. The summed E-state index contributed by atoms with van der Waals surface area (Å²) in [6, 6.07) is 0. The van der Waals surface area contributed by atoms with E-state index < -0.39 is 18.4 Å². The van der Waals surface area contributed by atoms with Crippen LogP contribution in [0.25, 0.3) is 0 Å². The minimum atomic E-state index is -2.00. The van der Waals surface area contributed by atoms with Crippen molar-refractivity contribution >= 4 is 18.4 Å². The summed E-state index contributed by atoms with van der Waals surface area (Å²) in [5.74, 6) is 0. The zero-order chi connectivity index (χ0) is 15.1. The van der Waals surface area contributed by atoms with Gasteiger partial charge in [-0.3, -0.25) is 0 Å². The summed E-state index contributed by atoms with van der Waals surface area (Å²) in [5, 5.41) is 0. The monoisotopic (exact) mass is 396 g/mol. The van der Waals surface area contributed by atoms with Crippen molar-refractivity contribution in [2.24, 2.45) is 0 Å². The Morgan fingerprint density at radius 1 is 0.600 bits per heavy atom. The molecule has 0 rings (SSSR count). The normalized spacial score (nSPS) is 12.0. The van der Waals surface area contributed by atoms with Gasteiger partial charge in [0.1, 0.15) is 0 Å². The van der Waals surface area contributed by atoms with Gasteiger partial charge >= 0.3 is 131 Å². The Morgan fingerprint density at radius 2 is 0.950 bits per heavy atom. The molecule has 0 fully saturated rings. The van der Waals surface area contributed by atoms with Crippen molar-refractivity contribution in [2.45, 2.75) is 56.8 Å². The molecule has 0 saturated carbocycles. The fourth-order valence-electron chi connectivity index (χ4n) is 3.08.